The number of benzene rings is 1. The molecule has 2 rings (SSSR count). The van der Waals surface area contributed by atoms with E-state index in [0.717, 1.165) is 5.69 Å². The molecule has 0 saturated carbocycles. The molecule has 1 amide bonds. The minimum Gasteiger partial charge on any atom is -0.326 e. The molecule has 1 aliphatic heterocycles. The lowest BCUT2D eigenvalue weighted by Gasteiger charge is -2.17. The third kappa shape index (κ3) is 1.89. The summed E-state index contributed by atoms with van der Waals surface area (Å²) in [5.74, 6) is 0.990. The van der Waals surface area contributed by atoms with E-state index in [9.17, 15) is 4.79 Å². The third-order valence-electron chi connectivity index (χ3n) is 3.33. The molecule has 1 heterocycles. The molecule has 1 aliphatic rings. The van der Waals surface area contributed by atoms with Crippen molar-refractivity contribution in [1.29, 1.82) is 0 Å². The van der Waals surface area contributed by atoms with Crippen molar-refractivity contribution < 1.29 is 4.79 Å². The van der Waals surface area contributed by atoms with Gasteiger partial charge in [0, 0.05) is 12.1 Å². The summed E-state index contributed by atoms with van der Waals surface area (Å²) < 4.78 is 0. The molecule has 80 valence electrons. The highest BCUT2D eigenvalue weighted by atomic mass is 16.1. The summed E-state index contributed by atoms with van der Waals surface area (Å²) >= 11 is 0. The summed E-state index contributed by atoms with van der Waals surface area (Å²) in [6.07, 6.45) is 0.620. The van der Waals surface area contributed by atoms with Gasteiger partial charge in [-0.15, -0.1) is 0 Å². The molecular weight excluding hydrogens is 186 g/mol. The number of carbonyl (C=O) groups excluding carboxylic acids is 1. The fourth-order valence-corrected chi connectivity index (χ4v) is 2.15. The maximum atomic E-state index is 11.6. The van der Waals surface area contributed by atoms with Crippen LogP contribution in [0.5, 0.6) is 0 Å². The highest BCUT2D eigenvalue weighted by Crippen LogP contribution is 2.35. The van der Waals surface area contributed by atoms with Gasteiger partial charge in [0.2, 0.25) is 5.91 Å². The van der Waals surface area contributed by atoms with E-state index >= 15 is 0 Å². The molecule has 0 radical (unpaired) electrons. The number of hydrogen-bond acceptors (Lipinski definition) is 1. The van der Waals surface area contributed by atoms with E-state index in [1.807, 2.05) is 12.1 Å². The monoisotopic (exact) mass is 203 g/mol. The van der Waals surface area contributed by atoms with Gasteiger partial charge in [0.15, 0.2) is 0 Å². The number of rotatable bonds is 0. The second-order valence-electron chi connectivity index (χ2n) is 4.61. The van der Waals surface area contributed by atoms with Crippen molar-refractivity contribution in [3.63, 3.8) is 0 Å². The second kappa shape index (κ2) is 3.69. The van der Waals surface area contributed by atoms with Crippen molar-refractivity contribution in [3.05, 3.63) is 29.3 Å². The molecule has 2 heteroatoms. The molecule has 1 aromatic carbocycles. The van der Waals surface area contributed by atoms with Crippen LogP contribution in [-0.4, -0.2) is 5.91 Å². The number of nitrogens with one attached hydrogen (secondary N) is 1. The zero-order valence-corrected chi connectivity index (χ0v) is 9.50. The first kappa shape index (κ1) is 10.2. The Morgan fingerprint density at radius 3 is 2.80 bits per heavy atom. The van der Waals surface area contributed by atoms with Gasteiger partial charge in [-0.25, -0.2) is 0 Å². The van der Waals surface area contributed by atoms with Crippen molar-refractivity contribution in [3.8, 4) is 0 Å². The molecule has 0 fully saturated rings. The number of aryl methyl sites for hydroxylation is 1. The van der Waals surface area contributed by atoms with Crippen LogP contribution in [0, 0.1) is 12.8 Å². The predicted molar refractivity (Wildman–Crippen MR) is 62.0 cm³/mol. The lowest BCUT2D eigenvalue weighted by molar-refractivity contribution is -0.116. The van der Waals surface area contributed by atoms with Crippen LogP contribution in [0.2, 0.25) is 0 Å². The van der Waals surface area contributed by atoms with Crippen LogP contribution in [0.1, 0.15) is 37.3 Å². The van der Waals surface area contributed by atoms with Crippen molar-refractivity contribution in [2.24, 2.45) is 5.92 Å². The zero-order valence-electron chi connectivity index (χ0n) is 9.50. The third-order valence-corrected chi connectivity index (χ3v) is 3.33. The Morgan fingerprint density at radius 1 is 1.33 bits per heavy atom. The second-order valence-corrected chi connectivity index (χ2v) is 4.61. The Balaban J connectivity index is 2.50. The molecule has 1 aromatic rings. The summed E-state index contributed by atoms with van der Waals surface area (Å²) in [5, 5.41) is 2.97. The van der Waals surface area contributed by atoms with Gasteiger partial charge in [0.05, 0.1) is 0 Å². The van der Waals surface area contributed by atoms with E-state index in [2.05, 4.69) is 32.2 Å². The van der Waals surface area contributed by atoms with Crippen LogP contribution in [0.4, 0.5) is 5.69 Å². The van der Waals surface area contributed by atoms with Crippen molar-refractivity contribution in [2.75, 3.05) is 5.32 Å². The minimum atomic E-state index is 0.136. The molecule has 2 nitrogen and oxygen atoms in total. The Morgan fingerprint density at radius 2 is 2.07 bits per heavy atom. The van der Waals surface area contributed by atoms with Gasteiger partial charge in [-0.3, -0.25) is 4.79 Å². The highest BCUT2D eigenvalue weighted by molar-refractivity contribution is 5.92. The first-order valence-electron chi connectivity index (χ1n) is 5.48. The van der Waals surface area contributed by atoms with Gasteiger partial charge in [-0.05, 0) is 30.4 Å². The largest absolute Gasteiger partial charge is 0.326 e. The molecular formula is C13H17NO. The van der Waals surface area contributed by atoms with Gasteiger partial charge >= 0.3 is 0 Å². The van der Waals surface area contributed by atoms with Crippen molar-refractivity contribution in [2.45, 2.75) is 33.1 Å². The maximum Gasteiger partial charge on any atom is 0.224 e. The molecule has 1 unspecified atom stereocenters. The Hall–Kier alpha value is -1.31. The van der Waals surface area contributed by atoms with E-state index in [0.29, 0.717) is 18.3 Å². The van der Waals surface area contributed by atoms with E-state index in [4.69, 9.17) is 0 Å². The summed E-state index contributed by atoms with van der Waals surface area (Å²) in [5.41, 5.74) is 3.51. The average Bonchev–Trinajstić information content (AvgIpc) is 2.27. The van der Waals surface area contributed by atoms with Gasteiger partial charge in [0.25, 0.3) is 0 Å². The fourth-order valence-electron chi connectivity index (χ4n) is 2.15. The molecule has 0 aliphatic carbocycles. The molecule has 0 aromatic heterocycles. The van der Waals surface area contributed by atoms with Crippen LogP contribution in [0.25, 0.3) is 0 Å². The van der Waals surface area contributed by atoms with Gasteiger partial charge in [-0.1, -0.05) is 31.5 Å². The Bertz CT molecular complexity index is 398. The molecule has 0 spiro atoms. The quantitative estimate of drug-likeness (QED) is 0.689. The van der Waals surface area contributed by atoms with E-state index in [-0.39, 0.29) is 5.91 Å². The predicted octanol–water partition coefficient (Wildman–Crippen LogP) is 3.08. The van der Waals surface area contributed by atoms with Crippen LogP contribution in [0.3, 0.4) is 0 Å². The number of fused-ring (bicyclic) bond motifs is 1. The number of hydrogen-bond donors (Lipinski definition) is 1. The lowest BCUT2D eigenvalue weighted by atomic mass is 9.86. The van der Waals surface area contributed by atoms with Crippen LogP contribution < -0.4 is 5.32 Å². The molecule has 0 saturated heterocycles. The topological polar surface area (TPSA) is 29.1 Å². The van der Waals surface area contributed by atoms with Crippen molar-refractivity contribution in [1.82, 2.24) is 0 Å². The number of amides is 1. The van der Waals surface area contributed by atoms with Gasteiger partial charge < -0.3 is 5.32 Å². The Labute approximate surface area is 90.7 Å². The molecule has 15 heavy (non-hydrogen) atoms. The van der Waals surface area contributed by atoms with Crippen molar-refractivity contribution >= 4 is 11.6 Å². The van der Waals surface area contributed by atoms with E-state index < -0.39 is 0 Å². The summed E-state index contributed by atoms with van der Waals surface area (Å²) in [6, 6.07) is 6.24. The van der Waals surface area contributed by atoms with E-state index in [1.165, 1.54) is 11.1 Å². The first-order valence-corrected chi connectivity index (χ1v) is 5.48. The first-order chi connectivity index (χ1) is 7.08. The summed E-state index contributed by atoms with van der Waals surface area (Å²) in [7, 11) is 0. The van der Waals surface area contributed by atoms with E-state index in [1.54, 1.807) is 0 Å². The smallest absolute Gasteiger partial charge is 0.224 e. The van der Waals surface area contributed by atoms with Crippen LogP contribution in [0.15, 0.2) is 18.2 Å². The average molecular weight is 203 g/mol. The Kier molecular flexibility index (Phi) is 2.51. The number of anilines is 1. The molecule has 0 bridgehead atoms. The SMILES string of the molecule is Cc1ccc2c(c1)C(C)[C@H](C)CC(=O)N2. The lowest BCUT2D eigenvalue weighted by Crippen LogP contribution is -2.12. The van der Waals surface area contributed by atoms with Crippen LogP contribution in [-0.2, 0) is 4.79 Å². The normalized spacial score (nSPS) is 25.4. The van der Waals surface area contributed by atoms with Gasteiger partial charge in [0.1, 0.15) is 0 Å². The highest BCUT2D eigenvalue weighted by Gasteiger charge is 2.24. The van der Waals surface area contributed by atoms with Crippen LogP contribution >= 0.6 is 0 Å². The number of carbonyl (C=O) groups is 1. The maximum absolute atomic E-state index is 11.6. The summed E-state index contributed by atoms with van der Waals surface area (Å²) in [4.78, 5) is 11.6. The van der Waals surface area contributed by atoms with Gasteiger partial charge in [-0.2, -0.15) is 0 Å². The molecule has 1 N–H and O–H groups in total. The minimum absolute atomic E-state index is 0.136. The zero-order chi connectivity index (χ0) is 11.0. The fraction of sp³-hybridized carbons (Fsp3) is 0.462. The molecule has 2 atom stereocenters. The standard InChI is InChI=1S/C13H17NO/c1-8-4-5-12-11(6-8)10(3)9(2)7-13(15)14-12/h4-6,9-10H,7H2,1-3H3,(H,14,15)/t9-,10?/m1/s1. The summed E-state index contributed by atoms with van der Waals surface area (Å²) in [6.45, 7) is 6.43.